The third kappa shape index (κ3) is 5.27. The Kier molecular flexibility index (Phi) is 6.79. The summed E-state index contributed by atoms with van der Waals surface area (Å²) in [5.41, 5.74) is 3.03. The quantitative estimate of drug-likeness (QED) is 0.593. The lowest BCUT2D eigenvalue weighted by Crippen LogP contribution is -2.45. The second-order valence-corrected chi connectivity index (χ2v) is 7.67. The molecule has 2 heterocycles. The van der Waals surface area contributed by atoms with Crippen LogP contribution < -0.4 is 10.1 Å². The van der Waals surface area contributed by atoms with Gasteiger partial charge in [-0.15, -0.1) is 0 Å². The molecular weight excluding hydrogens is 380 g/mol. The van der Waals surface area contributed by atoms with E-state index in [1.807, 2.05) is 48.5 Å². The number of benzene rings is 2. The molecule has 6 nitrogen and oxygen atoms in total. The van der Waals surface area contributed by atoms with Crippen molar-refractivity contribution in [1.29, 1.82) is 0 Å². The number of rotatable bonds is 8. The zero-order valence-corrected chi connectivity index (χ0v) is 17.2. The van der Waals surface area contributed by atoms with E-state index in [1.165, 1.54) is 5.56 Å². The first-order valence-corrected chi connectivity index (χ1v) is 10.4. The Morgan fingerprint density at radius 2 is 1.90 bits per heavy atom. The SMILES string of the molecule is COc1ccc(-c2cc(CC3CCC(O)C(CNCc4ccccc4)O3)no2)cc1. The first-order chi connectivity index (χ1) is 14.7. The molecule has 3 unspecified atom stereocenters. The summed E-state index contributed by atoms with van der Waals surface area (Å²) in [5, 5.41) is 17.9. The monoisotopic (exact) mass is 408 g/mol. The summed E-state index contributed by atoms with van der Waals surface area (Å²) in [6.07, 6.45) is 1.55. The van der Waals surface area contributed by atoms with Crippen molar-refractivity contribution in [2.24, 2.45) is 0 Å². The van der Waals surface area contributed by atoms with Crippen LogP contribution in [0.1, 0.15) is 24.1 Å². The molecule has 1 aromatic heterocycles. The van der Waals surface area contributed by atoms with Gasteiger partial charge in [-0.1, -0.05) is 35.5 Å². The predicted octanol–water partition coefficient (Wildman–Crippen LogP) is 3.59. The van der Waals surface area contributed by atoms with Crippen molar-refractivity contribution in [2.75, 3.05) is 13.7 Å². The fraction of sp³-hybridized carbons (Fsp3) is 0.375. The summed E-state index contributed by atoms with van der Waals surface area (Å²) in [7, 11) is 1.65. The smallest absolute Gasteiger partial charge is 0.167 e. The van der Waals surface area contributed by atoms with E-state index in [0.717, 1.165) is 42.2 Å². The van der Waals surface area contributed by atoms with Crippen molar-refractivity contribution < 1.29 is 19.1 Å². The van der Waals surface area contributed by atoms with Gasteiger partial charge in [0, 0.05) is 31.1 Å². The van der Waals surface area contributed by atoms with Gasteiger partial charge in [0.25, 0.3) is 0 Å². The van der Waals surface area contributed by atoms with E-state index in [9.17, 15) is 5.11 Å². The average molecular weight is 408 g/mol. The highest BCUT2D eigenvalue weighted by molar-refractivity contribution is 5.58. The Labute approximate surface area is 176 Å². The van der Waals surface area contributed by atoms with E-state index < -0.39 is 6.10 Å². The Morgan fingerprint density at radius 3 is 2.67 bits per heavy atom. The summed E-state index contributed by atoms with van der Waals surface area (Å²) in [5.74, 6) is 1.53. The molecule has 0 aliphatic carbocycles. The lowest BCUT2D eigenvalue weighted by Gasteiger charge is -2.34. The van der Waals surface area contributed by atoms with Crippen molar-refractivity contribution in [3.8, 4) is 17.1 Å². The number of ether oxygens (including phenoxy) is 2. The van der Waals surface area contributed by atoms with Gasteiger partial charge >= 0.3 is 0 Å². The normalized spacial score (nSPS) is 21.5. The largest absolute Gasteiger partial charge is 0.497 e. The molecule has 1 aliphatic heterocycles. The molecule has 2 aromatic carbocycles. The Bertz CT molecular complexity index is 910. The first kappa shape index (κ1) is 20.6. The van der Waals surface area contributed by atoms with Gasteiger partial charge in [0.2, 0.25) is 0 Å². The van der Waals surface area contributed by atoms with E-state index in [-0.39, 0.29) is 12.2 Å². The number of aliphatic hydroxyl groups excluding tert-OH is 1. The van der Waals surface area contributed by atoms with Crippen LogP contribution >= 0.6 is 0 Å². The number of nitrogens with zero attached hydrogens (tertiary/aromatic N) is 1. The molecule has 1 fully saturated rings. The van der Waals surface area contributed by atoms with Crippen LogP contribution in [0, 0.1) is 0 Å². The summed E-state index contributed by atoms with van der Waals surface area (Å²) in [6.45, 7) is 1.37. The standard InChI is InChI=1S/C24H28N2O4/c1-28-20-9-7-18(8-10-20)23-14-19(26-30-23)13-21-11-12-22(27)24(29-21)16-25-15-17-5-3-2-4-6-17/h2-10,14,21-22,24-25,27H,11-13,15-16H2,1H3. The van der Waals surface area contributed by atoms with Crippen LogP contribution in [0.15, 0.2) is 65.2 Å². The molecule has 4 rings (SSSR count). The molecule has 1 saturated heterocycles. The van der Waals surface area contributed by atoms with Crippen LogP contribution in [0.3, 0.4) is 0 Å². The second-order valence-electron chi connectivity index (χ2n) is 7.67. The van der Waals surface area contributed by atoms with Gasteiger partial charge in [-0.05, 0) is 42.7 Å². The molecule has 3 atom stereocenters. The van der Waals surface area contributed by atoms with Crippen LogP contribution in [0.5, 0.6) is 5.75 Å². The Hall–Kier alpha value is -2.67. The number of methoxy groups -OCH3 is 1. The zero-order valence-electron chi connectivity index (χ0n) is 17.2. The average Bonchev–Trinajstić information content (AvgIpc) is 3.25. The number of hydrogen-bond donors (Lipinski definition) is 2. The minimum absolute atomic E-state index is 0.0192. The molecular formula is C24H28N2O4. The molecule has 0 radical (unpaired) electrons. The number of nitrogens with one attached hydrogen (secondary N) is 1. The van der Waals surface area contributed by atoms with Crippen molar-refractivity contribution in [1.82, 2.24) is 10.5 Å². The van der Waals surface area contributed by atoms with E-state index in [4.69, 9.17) is 14.0 Å². The molecule has 6 heteroatoms. The molecule has 0 spiro atoms. The predicted molar refractivity (Wildman–Crippen MR) is 114 cm³/mol. The lowest BCUT2D eigenvalue weighted by atomic mass is 9.98. The van der Waals surface area contributed by atoms with Gasteiger partial charge in [0.15, 0.2) is 5.76 Å². The number of hydrogen-bond acceptors (Lipinski definition) is 6. The number of aromatic nitrogens is 1. The maximum absolute atomic E-state index is 10.3. The molecule has 3 aromatic rings. The van der Waals surface area contributed by atoms with Gasteiger partial charge in [-0.3, -0.25) is 0 Å². The molecule has 2 N–H and O–H groups in total. The molecule has 30 heavy (non-hydrogen) atoms. The zero-order chi connectivity index (χ0) is 20.8. The van der Waals surface area contributed by atoms with Gasteiger partial charge in [-0.2, -0.15) is 0 Å². The van der Waals surface area contributed by atoms with Crippen molar-refractivity contribution in [3.63, 3.8) is 0 Å². The Morgan fingerprint density at radius 1 is 1.10 bits per heavy atom. The van der Waals surface area contributed by atoms with E-state index in [0.29, 0.717) is 13.0 Å². The minimum atomic E-state index is -0.448. The summed E-state index contributed by atoms with van der Waals surface area (Å²) in [6, 6.07) is 19.9. The highest BCUT2D eigenvalue weighted by Crippen LogP contribution is 2.26. The molecule has 0 amide bonds. The lowest BCUT2D eigenvalue weighted by molar-refractivity contribution is -0.115. The van der Waals surface area contributed by atoms with Crippen molar-refractivity contribution in [2.45, 2.75) is 44.1 Å². The van der Waals surface area contributed by atoms with Gasteiger partial charge in [0.05, 0.1) is 31.1 Å². The van der Waals surface area contributed by atoms with Crippen LogP contribution in [0.25, 0.3) is 11.3 Å². The molecule has 158 valence electrons. The molecule has 0 saturated carbocycles. The van der Waals surface area contributed by atoms with Gasteiger partial charge < -0.3 is 24.4 Å². The second kappa shape index (κ2) is 9.89. The number of aliphatic hydroxyl groups is 1. The van der Waals surface area contributed by atoms with Gasteiger partial charge in [-0.25, -0.2) is 0 Å². The fourth-order valence-corrected chi connectivity index (χ4v) is 3.77. The highest BCUT2D eigenvalue weighted by Gasteiger charge is 2.30. The van der Waals surface area contributed by atoms with Crippen LogP contribution in [-0.4, -0.2) is 42.2 Å². The van der Waals surface area contributed by atoms with E-state index in [2.05, 4.69) is 22.6 Å². The van der Waals surface area contributed by atoms with Crippen molar-refractivity contribution >= 4 is 0 Å². The van der Waals surface area contributed by atoms with Crippen LogP contribution in [-0.2, 0) is 17.7 Å². The van der Waals surface area contributed by atoms with Crippen LogP contribution in [0.2, 0.25) is 0 Å². The fourth-order valence-electron chi connectivity index (χ4n) is 3.77. The topological polar surface area (TPSA) is 76.8 Å². The maximum Gasteiger partial charge on any atom is 0.167 e. The molecule has 1 aliphatic rings. The van der Waals surface area contributed by atoms with Crippen molar-refractivity contribution in [3.05, 3.63) is 71.9 Å². The third-order valence-electron chi connectivity index (χ3n) is 5.47. The van der Waals surface area contributed by atoms with E-state index in [1.54, 1.807) is 7.11 Å². The Balaban J connectivity index is 1.30. The summed E-state index contributed by atoms with van der Waals surface area (Å²) >= 11 is 0. The minimum Gasteiger partial charge on any atom is -0.497 e. The third-order valence-corrected chi connectivity index (χ3v) is 5.47. The highest BCUT2D eigenvalue weighted by atomic mass is 16.5. The van der Waals surface area contributed by atoms with Gasteiger partial charge in [0.1, 0.15) is 5.75 Å². The first-order valence-electron chi connectivity index (χ1n) is 10.4. The van der Waals surface area contributed by atoms with E-state index >= 15 is 0 Å². The summed E-state index contributed by atoms with van der Waals surface area (Å²) in [4.78, 5) is 0. The molecule has 0 bridgehead atoms. The van der Waals surface area contributed by atoms with Crippen LogP contribution in [0.4, 0.5) is 0 Å². The maximum atomic E-state index is 10.3. The summed E-state index contributed by atoms with van der Waals surface area (Å²) < 4.78 is 16.9.